The van der Waals surface area contributed by atoms with Crippen LogP contribution in [0.4, 0.5) is 0 Å². The zero-order chi connectivity index (χ0) is 12.9. The Bertz CT molecular complexity index is 173. The highest BCUT2D eigenvalue weighted by Gasteiger charge is 1.86. The van der Waals surface area contributed by atoms with E-state index in [2.05, 4.69) is 0 Å². The van der Waals surface area contributed by atoms with Gasteiger partial charge in [0.05, 0.1) is 0 Å². The molecule has 0 unspecified atom stereocenters. The van der Waals surface area contributed by atoms with Crippen molar-refractivity contribution < 1.29 is 14.4 Å². The Labute approximate surface area is 93.2 Å². The summed E-state index contributed by atoms with van der Waals surface area (Å²) in [6.45, 7) is 10.2. The third-order valence-electron chi connectivity index (χ3n) is 1.29. The van der Waals surface area contributed by atoms with E-state index in [1.807, 2.05) is 20.8 Å². The molecule has 0 atom stereocenters. The third-order valence-corrected chi connectivity index (χ3v) is 1.29. The maximum atomic E-state index is 10.2. The molecule has 0 fully saturated rings. The Balaban J connectivity index is -0.000000147. The van der Waals surface area contributed by atoms with Crippen LogP contribution in [-0.4, -0.2) is 17.3 Å². The van der Waals surface area contributed by atoms with Gasteiger partial charge in [-0.05, 0) is 20.8 Å². The lowest BCUT2D eigenvalue weighted by Crippen LogP contribution is -1.88. The smallest absolute Gasteiger partial charge is 0.132 e. The fourth-order valence-electron chi connectivity index (χ4n) is 0.250. The highest BCUT2D eigenvalue weighted by atomic mass is 16.1. The van der Waals surface area contributed by atoms with Gasteiger partial charge in [-0.2, -0.15) is 0 Å². The van der Waals surface area contributed by atoms with Crippen molar-refractivity contribution in [3.8, 4) is 0 Å². The van der Waals surface area contributed by atoms with Crippen LogP contribution in [0.5, 0.6) is 0 Å². The molecular formula is C12H24O3. The number of carbonyl (C=O) groups is 3. The van der Waals surface area contributed by atoms with Crippen LogP contribution in [0.3, 0.4) is 0 Å². The van der Waals surface area contributed by atoms with Gasteiger partial charge in [0, 0.05) is 19.3 Å². The van der Waals surface area contributed by atoms with Crippen LogP contribution < -0.4 is 0 Å². The number of Topliss-reactive ketones (excluding diaryl/α,β-unsaturated/α-hetero) is 3. The van der Waals surface area contributed by atoms with E-state index in [0.29, 0.717) is 25.0 Å². The van der Waals surface area contributed by atoms with E-state index in [1.54, 1.807) is 6.92 Å². The summed E-state index contributed by atoms with van der Waals surface area (Å²) >= 11 is 0. The number of hydrogen-bond acceptors (Lipinski definition) is 3. The van der Waals surface area contributed by atoms with Crippen molar-refractivity contribution in [1.82, 2.24) is 0 Å². The summed E-state index contributed by atoms with van der Waals surface area (Å²) in [5.74, 6) is 0.764. The minimum absolute atomic E-state index is 0.167. The second-order valence-electron chi connectivity index (χ2n) is 3.21. The average Bonchev–Trinajstić information content (AvgIpc) is 2.16. The summed E-state index contributed by atoms with van der Waals surface area (Å²) in [6, 6.07) is 0. The molecule has 0 amide bonds. The molecule has 0 aliphatic carbocycles. The van der Waals surface area contributed by atoms with Gasteiger partial charge in [0.25, 0.3) is 0 Å². The Morgan fingerprint density at radius 3 is 0.933 bits per heavy atom. The lowest BCUT2D eigenvalue weighted by Gasteiger charge is -1.81. The molecule has 3 nitrogen and oxygen atoms in total. The summed E-state index contributed by atoms with van der Waals surface area (Å²) in [5.41, 5.74) is 0. The standard InChI is InChI=1S/C5H10O.C4H8O.C3H6O/c1-3-5(6)4-2;1-3-4(2)5;1-3(2)4/h3-4H2,1-2H3;3H2,1-2H3;1-2H3. The molecule has 0 aliphatic heterocycles. The first-order chi connectivity index (χ1) is 6.81. The molecule has 90 valence electrons. The van der Waals surface area contributed by atoms with Gasteiger partial charge in [-0.25, -0.2) is 0 Å². The van der Waals surface area contributed by atoms with Crippen LogP contribution in [-0.2, 0) is 14.4 Å². The first kappa shape index (κ1) is 19.6. The maximum Gasteiger partial charge on any atom is 0.132 e. The zero-order valence-electron chi connectivity index (χ0n) is 10.8. The van der Waals surface area contributed by atoms with E-state index < -0.39 is 0 Å². The molecule has 0 heterocycles. The Kier molecular flexibility index (Phi) is 20.2. The van der Waals surface area contributed by atoms with Gasteiger partial charge in [0.1, 0.15) is 17.3 Å². The van der Waals surface area contributed by atoms with E-state index in [-0.39, 0.29) is 11.6 Å². The van der Waals surface area contributed by atoms with Crippen molar-refractivity contribution in [3.05, 3.63) is 0 Å². The Morgan fingerprint density at radius 2 is 0.933 bits per heavy atom. The van der Waals surface area contributed by atoms with Crippen LogP contribution in [0.15, 0.2) is 0 Å². The van der Waals surface area contributed by atoms with Gasteiger partial charge in [-0.15, -0.1) is 0 Å². The van der Waals surface area contributed by atoms with Crippen LogP contribution in [0.25, 0.3) is 0 Å². The summed E-state index contributed by atoms with van der Waals surface area (Å²) in [6.07, 6.45) is 2.05. The largest absolute Gasteiger partial charge is 0.300 e. The summed E-state index contributed by atoms with van der Waals surface area (Å²) < 4.78 is 0. The predicted molar refractivity (Wildman–Crippen MR) is 62.9 cm³/mol. The molecule has 0 aromatic heterocycles. The molecule has 0 bridgehead atoms. The molecule has 0 aliphatic rings. The predicted octanol–water partition coefficient (Wildman–Crippen LogP) is 2.96. The van der Waals surface area contributed by atoms with Gasteiger partial charge in [-0.1, -0.05) is 20.8 Å². The molecular weight excluding hydrogens is 192 g/mol. The van der Waals surface area contributed by atoms with Gasteiger partial charge >= 0.3 is 0 Å². The van der Waals surface area contributed by atoms with Gasteiger partial charge in [0.2, 0.25) is 0 Å². The van der Waals surface area contributed by atoms with E-state index in [1.165, 1.54) is 13.8 Å². The average molecular weight is 216 g/mol. The number of ketones is 3. The van der Waals surface area contributed by atoms with Crippen molar-refractivity contribution in [3.63, 3.8) is 0 Å². The monoisotopic (exact) mass is 216 g/mol. The number of hydrogen-bond donors (Lipinski definition) is 0. The first-order valence-corrected chi connectivity index (χ1v) is 5.29. The molecule has 0 rings (SSSR count). The topological polar surface area (TPSA) is 51.2 Å². The van der Waals surface area contributed by atoms with Gasteiger partial charge < -0.3 is 9.59 Å². The minimum Gasteiger partial charge on any atom is -0.300 e. The first-order valence-electron chi connectivity index (χ1n) is 5.29. The van der Waals surface area contributed by atoms with Crippen molar-refractivity contribution in [2.75, 3.05) is 0 Å². The molecule has 0 saturated heterocycles. The molecule has 0 N–H and O–H groups in total. The Hall–Kier alpha value is -0.990. The lowest BCUT2D eigenvalue weighted by molar-refractivity contribution is -0.118. The van der Waals surface area contributed by atoms with E-state index >= 15 is 0 Å². The molecule has 0 aromatic carbocycles. The van der Waals surface area contributed by atoms with E-state index in [4.69, 9.17) is 0 Å². The van der Waals surface area contributed by atoms with Crippen LogP contribution in [0.2, 0.25) is 0 Å². The summed E-state index contributed by atoms with van der Waals surface area (Å²) in [7, 11) is 0. The van der Waals surface area contributed by atoms with Crippen LogP contribution >= 0.6 is 0 Å². The second-order valence-corrected chi connectivity index (χ2v) is 3.21. The molecule has 0 radical (unpaired) electrons. The Morgan fingerprint density at radius 1 is 0.733 bits per heavy atom. The lowest BCUT2D eigenvalue weighted by atomic mass is 10.3. The number of carbonyl (C=O) groups excluding carboxylic acids is 3. The zero-order valence-corrected chi connectivity index (χ0v) is 10.8. The number of rotatable bonds is 3. The summed E-state index contributed by atoms with van der Waals surface area (Å²) in [5, 5.41) is 0. The van der Waals surface area contributed by atoms with Crippen molar-refractivity contribution in [2.24, 2.45) is 0 Å². The fourth-order valence-corrected chi connectivity index (χ4v) is 0.250. The maximum absolute atomic E-state index is 10.2. The van der Waals surface area contributed by atoms with Gasteiger partial charge in [0.15, 0.2) is 0 Å². The SMILES string of the molecule is CC(C)=O.CCC(=O)CC.CCC(C)=O. The van der Waals surface area contributed by atoms with Crippen molar-refractivity contribution >= 4 is 17.3 Å². The van der Waals surface area contributed by atoms with Crippen molar-refractivity contribution in [2.45, 2.75) is 60.8 Å². The minimum atomic E-state index is 0.167. The fraction of sp³-hybridized carbons (Fsp3) is 0.750. The summed E-state index contributed by atoms with van der Waals surface area (Å²) in [4.78, 5) is 29.4. The molecule has 0 aromatic rings. The highest BCUT2D eigenvalue weighted by Crippen LogP contribution is 1.83. The highest BCUT2D eigenvalue weighted by molar-refractivity contribution is 5.77. The second kappa shape index (κ2) is 15.5. The molecule has 0 saturated carbocycles. The molecule has 0 spiro atoms. The molecule has 3 heteroatoms. The van der Waals surface area contributed by atoms with Crippen LogP contribution in [0, 0.1) is 0 Å². The van der Waals surface area contributed by atoms with Crippen molar-refractivity contribution in [1.29, 1.82) is 0 Å². The van der Waals surface area contributed by atoms with Crippen LogP contribution in [0.1, 0.15) is 60.8 Å². The van der Waals surface area contributed by atoms with E-state index in [0.717, 1.165) is 0 Å². The quantitative estimate of drug-likeness (QED) is 0.728. The van der Waals surface area contributed by atoms with E-state index in [9.17, 15) is 14.4 Å². The molecule has 15 heavy (non-hydrogen) atoms. The van der Waals surface area contributed by atoms with Gasteiger partial charge in [-0.3, -0.25) is 4.79 Å². The normalized spacial score (nSPS) is 7.60. The third kappa shape index (κ3) is 62.8.